The van der Waals surface area contributed by atoms with Gasteiger partial charge in [-0.3, -0.25) is 0 Å². The summed E-state index contributed by atoms with van der Waals surface area (Å²) in [6.45, 7) is 6.64. The predicted molar refractivity (Wildman–Crippen MR) is 25.1 cm³/mol. The molecule has 0 N–H and O–H groups in total. The summed E-state index contributed by atoms with van der Waals surface area (Å²) in [5.74, 6) is 0.884. The van der Waals surface area contributed by atoms with Gasteiger partial charge >= 0.3 is 19.5 Å². The van der Waals surface area contributed by atoms with Crippen LogP contribution in [0, 0.1) is 5.92 Å². The van der Waals surface area contributed by atoms with Crippen molar-refractivity contribution in [2.75, 3.05) is 0 Å². The summed E-state index contributed by atoms with van der Waals surface area (Å²) in [6, 6.07) is 0. The average Bonchev–Trinajstić information content (AvgIpc) is 1.38. The number of hydrogen-bond donors (Lipinski definition) is 0. The van der Waals surface area contributed by atoms with E-state index < -0.39 is 0 Å². The van der Waals surface area contributed by atoms with E-state index in [2.05, 4.69) is 20.8 Å². The molecule has 0 nitrogen and oxygen atoms in total. The van der Waals surface area contributed by atoms with Crippen LogP contribution in [-0.4, -0.2) is 0 Å². The molecule has 0 rings (SSSR count). The first-order valence-corrected chi connectivity index (χ1v) is 2.27. The smallest absolute Gasteiger partial charge is 0.0651 e. The fourth-order valence-corrected chi connectivity index (χ4v) is 0. The molecule has 6 heavy (non-hydrogen) atoms. The summed E-state index contributed by atoms with van der Waals surface area (Å²) in [7, 11) is 0. The van der Waals surface area contributed by atoms with E-state index in [9.17, 15) is 0 Å². The second-order valence-electron chi connectivity index (χ2n) is 1.80. The van der Waals surface area contributed by atoms with Gasteiger partial charge in [-0.15, -0.1) is 0 Å². The summed E-state index contributed by atoms with van der Waals surface area (Å²) in [5, 5.41) is 0. The van der Waals surface area contributed by atoms with Gasteiger partial charge in [0.05, 0.1) is 0 Å². The minimum atomic E-state index is 0. The molecule has 0 spiro atoms. The van der Waals surface area contributed by atoms with Gasteiger partial charge in [-0.2, -0.15) is 0 Å². The van der Waals surface area contributed by atoms with Gasteiger partial charge in [0.2, 0.25) is 0 Å². The summed E-state index contributed by atoms with van der Waals surface area (Å²) in [5.41, 5.74) is 0. The van der Waals surface area contributed by atoms with E-state index in [0.717, 1.165) is 5.92 Å². The van der Waals surface area contributed by atoms with Gasteiger partial charge in [0.1, 0.15) is 0 Å². The van der Waals surface area contributed by atoms with Crippen LogP contribution in [0.15, 0.2) is 0 Å². The van der Waals surface area contributed by atoms with Gasteiger partial charge in [-0.05, 0) is 5.92 Å². The Labute approximate surface area is 53.1 Å². The number of rotatable bonds is 1. The zero-order valence-corrected chi connectivity index (χ0v) is 7.96. The van der Waals surface area contributed by atoms with Crippen LogP contribution in [0.5, 0.6) is 0 Å². The normalized spacial score (nSPS) is 8.00. The van der Waals surface area contributed by atoms with E-state index >= 15 is 0 Å². The van der Waals surface area contributed by atoms with Crippen LogP contribution in [0.25, 0.3) is 0 Å². The van der Waals surface area contributed by atoms with Gasteiger partial charge in [-0.25, -0.2) is 0 Å². The van der Waals surface area contributed by atoms with E-state index in [1.54, 1.807) is 0 Å². The standard InChI is InChI=1S/C5H12.Zn/c1-4-5(2)3;/h5H,4H2,1-3H3;/q;+2. The second kappa shape index (κ2) is 5.62. The largest absolute Gasteiger partial charge is 2.00 e. The van der Waals surface area contributed by atoms with Gasteiger partial charge in [0, 0.05) is 0 Å². The van der Waals surface area contributed by atoms with Gasteiger partial charge in [0.15, 0.2) is 0 Å². The second-order valence-corrected chi connectivity index (χ2v) is 1.80. The Morgan fingerprint density at radius 1 is 1.33 bits per heavy atom. The molecule has 0 radical (unpaired) electrons. The first kappa shape index (κ1) is 9.80. The van der Waals surface area contributed by atoms with E-state index in [0.29, 0.717) is 0 Å². The average molecular weight is 138 g/mol. The fourth-order valence-electron chi connectivity index (χ4n) is 0. The molecule has 0 atom stereocenters. The first-order chi connectivity index (χ1) is 2.27. The molecule has 0 bridgehead atoms. The molecular formula is C5H12Zn+2. The van der Waals surface area contributed by atoms with E-state index in [1.807, 2.05) is 0 Å². The van der Waals surface area contributed by atoms with E-state index in [1.165, 1.54) is 6.42 Å². The van der Waals surface area contributed by atoms with Crippen molar-refractivity contribution >= 4 is 0 Å². The fraction of sp³-hybridized carbons (Fsp3) is 1.00. The van der Waals surface area contributed by atoms with Crippen LogP contribution in [-0.2, 0) is 19.5 Å². The third-order valence-corrected chi connectivity index (χ3v) is 0.816. The van der Waals surface area contributed by atoms with Crippen LogP contribution in [0.4, 0.5) is 0 Å². The first-order valence-electron chi connectivity index (χ1n) is 2.27. The Morgan fingerprint density at radius 2 is 1.50 bits per heavy atom. The molecular weight excluding hydrogens is 125 g/mol. The van der Waals surface area contributed by atoms with Gasteiger partial charge in [-0.1, -0.05) is 27.2 Å². The van der Waals surface area contributed by atoms with Crippen molar-refractivity contribution in [3.05, 3.63) is 0 Å². The number of hydrogen-bond acceptors (Lipinski definition) is 0. The van der Waals surface area contributed by atoms with Crippen molar-refractivity contribution in [1.82, 2.24) is 0 Å². The Balaban J connectivity index is 0. The quantitative estimate of drug-likeness (QED) is 0.486. The monoisotopic (exact) mass is 136 g/mol. The van der Waals surface area contributed by atoms with Gasteiger partial charge < -0.3 is 0 Å². The summed E-state index contributed by atoms with van der Waals surface area (Å²) in [4.78, 5) is 0. The maximum Gasteiger partial charge on any atom is 2.00 e. The summed E-state index contributed by atoms with van der Waals surface area (Å²) >= 11 is 0. The predicted octanol–water partition coefficient (Wildman–Crippen LogP) is 2.05. The third-order valence-electron chi connectivity index (χ3n) is 0.816. The molecule has 0 fully saturated rings. The van der Waals surface area contributed by atoms with Crippen LogP contribution < -0.4 is 0 Å². The molecule has 0 saturated carbocycles. The van der Waals surface area contributed by atoms with E-state index in [-0.39, 0.29) is 19.5 Å². The molecule has 0 aromatic heterocycles. The molecule has 0 unspecified atom stereocenters. The van der Waals surface area contributed by atoms with Crippen LogP contribution in [0.2, 0.25) is 0 Å². The molecule has 0 heterocycles. The Bertz CT molecular complexity index is 17.9. The molecule has 0 aliphatic heterocycles. The summed E-state index contributed by atoms with van der Waals surface area (Å²) < 4.78 is 0. The van der Waals surface area contributed by atoms with Gasteiger partial charge in [0.25, 0.3) is 0 Å². The van der Waals surface area contributed by atoms with Crippen molar-refractivity contribution < 1.29 is 19.5 Å². The van der Waals surface area contributed by atoms with Crippen molar-refractivity contribution in [1.29, 1.82) is 0 Å². The third kappa shape index (κ3) is 8.82. The molecule has 0 amide bonds. The van der Waals surface area contributed by atoms with Crippen molar-refractivity contribution in [2.24, 2.45) is 5.92 Å². The minimum absolute atomic E-state index is 0. The van der Waals surface area contributed by atoms with Crippen molar-refractivity contribution in [3.8, 4) is 0 Å². The zero-order valence-electron chi connectivity index (χ0n) is 4.99. The van der Waals surface area contributed by atoms with Crippen LogP contribution in [0.3, 0.4) is 0 Å². The van der Waals surface area contributed by atoms with Crippen LogP contribution >= 0.6 is 0 Å². The maximum absolute atomic E-state index is 2.22. The Morgan fingerprint density at radius 3 is 1.50 bits per heavy atom. The SMILES string of the molecule is CCC(C)C.[Zn+2]. The Hall–Kier alpha value is 0.623. The van der Waals surface area contributed by atoms with E-state index in [4.69, 9.17) is 0 Å². The minimum Gasteiger partial charge on any atom is -0.0651 e. The van der Waals surface area contributed by atoms with Crippen molar-refractivity contribution in [3.63, 3.8) is 0 Å². The Kier molecular flexibility index (Phi) is 9.18. The molecule has 0 saturated heterocycles. The molecule has 0 aliphatic rings. The maximum atomic E-state index is 2.22. The topological polar surface area (TPSA) is 0 Å². The molecule has 0 aromatic rings. The van der Waals surface area contributed by atoms with Crippen LogP contribution in [0.1, 0.15) is 27.2 Å². The molecule has 0 aromatic carbocycles. The zero-order chi connectivity index (χ0) is 4.28. The molecule has 0 aliphatic carbocycles. The summed E-state index contributed by atoms with van der Waals surface area (Å²) in [6.07, 6.45) is 1.31. The molecule has 1 heteroatoms. The van der Waals surface area contributed by atoms with Crippen molar-refractivity contribution in [2.45, 2.75) is 27.2 Å². The molecule has 32 valence electrons.